The van der Waals surface area contributed by atoms with E-state index in [2.05, 4.69) is 19.3 Å². The van der Waals surface area contributed by atoms with Gasteiger partial charge in [-0.25, -0.2) is 0 Å². The summed E-state index contributed by atoms with van der Waals surface area (Å²) in [5, 5.41) is 3.34. The third-order valence-corrected chi connectivity index (χ3v) is 4.17. The van der Waals surface area contributed by atoms with Gasteiger partial charge in [-0.15, -0.1) is 0 Å². The van der Waals surface area contributed by atoms with E-state index in [4.69, 9.17) is 4.74 Å². The number of rotatable bonds is 9. The minimum Gasteiger partial charge on any atom is -0.374 e. The maximum Gasteiger partial charge on any atom is 0.0806 e. The molecule has 1 saturated carbocycles. The Labute approximate surface area is 114 Å². The van der Waals surface area contributed by atoms with Crippen molar-refractivity contribution < 1.29 is 4.74 Å². The van der Waals surface area contributed by atoms with Crippen molar-refractivity contribution in [2.75, 3.05) is 20.2 Å². The van der Waals surface area contributed by atoms with E-state index >= 15 is 0 Å². The molecule has 0 aromatic heterocycles. The molecule has 0 radical (unpaired) electrons. The zero-order chi connectivity index (χ0) is 13.1. The Morgan fingerprint density at radius 2 is 1.61 bits per heavy atom. The average Bonchev–Trinajstić information content (AvgIpc) is 2.60. The lowest BCUT2D eigenvalue weighted by Gasteiger charge is -2.33. The van der Waals surface area contributed by atoms with Crippen LogP contribution in [-0.4, -0.2) is 25.8 Å². The van der Waals surface area contributed by atoms with Crippen molar-refractivity contribution in [1.82, 2.24) is 5.32 Å². The van der Waals surface area contributed by atoms with Crippen LogP contribution in [0.25, 0.3) is 0 Å². The van der Waals surface area contributed by atoms with Gasteiger partial charge in [0.1, 0.15) is 0 Å². The van der Waals surface area contributed by atoms with Gasteiger partial charge in [-0.3, -0.25) is 0 Å². The summed E-state index contributed by atoms with van der Waals surface area (Å²) in [6, 6.07) is 0. The summed E-state index contributed by atoms with van der Waals surface area (Å²) in [7, 11) is 2.05. The third-order valence-electron chi connectivity index (χ3n) is 4.17. The van der Waals surface area contributed by atoms with Crippen LogP contribution in [0.1, 0.15) is 77.6 Å². The van der Waals surface area contributed by atoms with Gasteiger partial charge < -0.3 is 10.1 Å². The molecular weight excluding hydrogens is 222 g/mol. The molecule has 1 aliphatic carbocycles. The van der Waals surface area contributed by atoms with Gasteiger partial charge >= 0.3 is 0 Å². The van der Waals surface area contributed by atoms with Gasteiger partial charge in [0.15, 0.2) is 0 Å². The Bertz CT molecular complexity index is 186. The summed E-state index contributed by atoms with van der Waals surface area (Å²) in [5.74, 6) is 0. The SMILES string of the molecule is CCCCCCCOC1(CNC)CCCCCC1. The topological polar surface area (TPSA) is 21.3 Å². The lowest BCUT2D eigenvalue weighted by Crippen LogP contribution is -2.42. The molecule has 1 fully saturated rings. The van der Waals surface area contributed by atoms with Crippen molar-refractivity contribution in [3.63, 3.8) is 0 Å². The fourth-order valence-electron chi connectivity index (χ4n) is 3.06. The summed E-state index contributed by atoms with van der Waals surface area (Å²) < 4.78 is 6.31. The summed E-state index contributed by atoms with van der Waals surface area (Å²) in [4.78, 5) is 0. The van der Waals surface area contributed by atoms with Gasteiger partial charge in [0.05, 0.1) is 5.60 Å². The van der Waals surface area contributed by atoms with Gasteiger partial charge in [0, 0.05) is 13.2 Å². The van der Waals surface area contributed by atoms with Crippen molar-refractivity contribution in [2.24, 2.45) is 0 Å². The lowest BCUT2D eigenvalue weighted by atomic mass is 9.94. The zero-order valence-electron chi connectivity index (χ0n) is 12.6. The molecule has 18 heavy (non-hydrogen) atoms. The predicted molar refractivity (Wildman–Crippen MR) is 79.1 cm³/mol. The van der Waals surface area contributed by atoms with E-state index in [-0.39, 0.29) is 5.60 Å². The molecule has 0 aromatic rings. The second kappa shape index (κ2) is 9.80. The molecule has 2 heteroatoms. The first-order chi connectivity index (χ1) is 8.83. The largest absolute Gasteiger partial charge is 0.374 e. The Morgan fingerprint density at radius 3 is 2.22 bits per heavy atom. The molecule has 1 aliphatic rings. The van der Waals surface area contributed by atoms with Crippen LogP contribution in [0, 0.1) is 0 Å². The van der Waals surface area contributed by atoms with Crippen LogP contribution in [-0.2, 0) is 4.74 Å². The van der Waals surface area contributed by atoms with Crippen molar-refractivity contribution in [2.45, 2.75) is 83.2 Å². The molecule has 0 aromatic carbocycles. The summed E-state index contributed by atoms with van der Waals surface area (Å²) >= 11 is 0. The van der Waals surface area contributed by atoms with Crippen molar-refractivity contribution in [3.05, 3.63) is 0 Å². The van der Waals surface area contributed by atoms with Crippen LogP contribution >= 0.6 is 0 Å². The summed E-state index contributed by atoms with van der Waals surface area (Å²) in [6.07, 6.45) is 14.6. The van der Waals surface area contributed by atoms with Crippen LogP contribution in [0.2, 0.25) is 0 Å². The maximum absolute atomic E-state index is 6.31. The normalized spacial score (nSPS) is 19.7. The minimum absolute atomic E-state index is 0.149. The first-order valence-corrected chi connectivity index (χ1v) is 8.11. The highest BCUT2D eigenvalue weighted by molar-refractivity contribution is 4.85. The van der Waals surface area contributed by atoms with Crippen LogP contribution in [0.4, 0.5) is 0 Å². The van der Waals surface area contributed by atoms with E-state index in [9.17, 15) is 0 Å². The number of likely N-dealkylation sites (N-methyl/N-ethyl adjacent to an activating group) is 1. The van der Waals surface area contributed by atoms with Gasteiger partial charge in [-0.05, 0) is 26.3 Å². The third kappa shape index (κ3) is 6.19. The molecule has 0 aliphatic heterocycles. The van der Waals surface area contributed by atoms with Gasteiger partial charge in [-0.2, -0.15) is 0 Å². The van der Waals surface area contributed by atoms with Crippen molar-refractivity contribution in [3.8, 4) is 0 Å². The highest BCUT2D eigenvalue weighted by Crippen LogP contribution is 2.30. The fourth-order valence-corrected chi connectivity index (χ4v) is 3.06. The predicted octanol–water partition coefficient (Wildman–Crippen LogP) is 4.29. The van der Waals surface area contributed by atoms with Gasteiger partial charge in [-0.1, -0.05) is 58.3 Å². The maximum atomic E-state index is 6.31. The highest BCUT2D eigenvalue weighted by atomic mass is 16.5. The molecule has 2 nitrogen and oxygen atoms in total. The van der Waals surface area contributed by atoms with Gasteiger partial charge in [0.2, 0.25) is 0 Å². The smallest absolute Gasteiger partial charge is 0.0806 e. The number of ether oxygens (including phenoxy) is 1. The van der Waals surface area contributed by atoms with E-state index in [0.717, 1.165) is 13.2 Å². The molecule has 0 bridgehead atoms. The second-order valence-electron chi connectivity index (χ2n) is 5.89. The Hall–Kier alpha value is -0.0800. The molecule has 1 N–H and O–H groups in total. The van der Waals surface area contributed by atoms with E-state index < -0.39 is 0 Å². The van der Waals surface area contributed by atoms with Gasteiger partial charge in [0.25, 0.3) is 0 Å². The van der Waals surface area contributed by atoms with E-state index in [1.807, 2.05) is 0 Å². The van der Waals surface area contributed by atoms with E-state index in [1.165, 1.54) is 70.6 Å². The lowest BCUT2D eigenvalue weighted by molar-refractivity contribution is -0.0552. The fraction of sp³-hybridized carbons (Fsp3) is 1.00. The van der Waals surface area contributed by atoms with Crippen LogP contribution in [0.5, 0.6) is 0 Å². The summed E-state index contributed by atoms with van der Waals surface area (Å²) in [5.41, 5.74) is 0.149. The monoisotopic (exact) mass is 255 g/mol. The van der Waals surface area contributed by atoms with E-state index in [1.54, 1.807) is 0 Å². The average molecular weight is 255 g/mol. The van der Waals surface area contributed by atoms with Crippen LogP contribution < -0.4 is 5.32 Å². The molecule has 0 amide bonds. The quantitative estimate of drug-likeness (QED) is 0.490. The Balaban J connectivity index is 2.23. The molecule has 0 saturated heterocycles. The van der Waals surface area contributed by atoms with Crippen LogP contribution in [0.3, 0.4) is 0 Å². The van der Waals surface area contributed by atoms with Crippen molar-refractivity contribution in [1.29, 1.82) is 0 Å². The molecule has 1 rings (SSSR count). The molecule has 0 heterocycles. The van der Waals surface area contributed by atoms with Crippen LogP contribution in [0.15, 0.2) is 0 Å². The number of unbranched alkanes of at least 4 members (excludes halogenated alkanes) is 4. The Kier molecular flexibility index (Phi) is 8.70. The molecule has 108 valence electrons. The minimum atomic E-state index is 0.149. The first kappa shape index (κ1) is 16.0. The number of hydrogen-bond acceptors (Lipinski definition) is 2. The summed E-state index contributed by atoms with van der Waals surface area (Å²) in [6.45, 7) is 4.26. The Morgan fingerprint density at radius 1 is 0.944 bits per heavy atom. The standard InChI is InChI=1S/C16H33NO/c1-3-4-5-8-11-14-18-16(15-17-2)12-9-6-7-10-13-16/h17H,3-15H2,1-2H3. The second-order valence-corrected chi connectivity index (χ2v) is 5.89. The van der Waals surface area contributed by atoms with E-state index in [0.29, 0.717) is 0 Å². The van der Waals surface area contributed by atoms with Crippen molar-refractivity contribution >= 4 is 0 Å². The molecule has 0 atom stereocenters. The molecular formula is C16H33NO. The zero-order valence-corrected chi connectivity index (χ0v) is 12.6. The molecule has 0 spiro atoms. The number of hydrogen-bond donors (Lipinski definition) is 1. The number of nitrogens with one attached hydrogen (secondary N) is 1. The highest BCUT2D eigenvalue weighted by Gasteiger charge is 2.30. The first-order valence-electron chi connectivity index (χ1n) is 8.11. The molecule has 0 unspecified atom stereocenters.